The Morgan fingerprint density at radius 3 is 2.26 bits per heavy atom. The highest BCUT2D eigenvalue weighted by molar-refractivity contribution is 9.10. The van der Waals surface area contributed by atoms with Crippen molar-refractivity contribution in [2.24, 2.45) is 0 Å². The minimum Gasteiger partial charge on any atom is -0.352 e. The molecule has 0 heterocycles. The summed E-state index contributed by atoms with van der Waals surface area (Å²) >= 11 is 9.42. The summed E-state index contributed by atoms with van der Waals surface area (Å²) in [6, 6.07) is 11.3. The van der Waals surface area contributed by atoms with Gasteiger partial charge in [-0.2, -0.15) is 0 Å². The molecule has 186 valence electrons. The summed E-state index contributed by atoms with van der Waals surface area (Å²) in [6.07, 6.45) is 1.79. The van der Waals surface area contributed by atoms with E-state index in [1.807, 2.05) is 38.1 Å². The first-order valence-corrected chi connectivity index (χ1v) is 13.9. The second kappa shape index (κ2) is 12.0. The average Bonchev–Trinajstić information content (AvgIpc) is 2.76. The number of carbonyl (C=O) groups is 2. The molecular weight excluding hydrogens is 542 g/mol. The normalized spacial score (nSPS) is 13.1. The van der Waals surface area contributed by atoms with Crippen LogP contribution in [-0.2, 0) is 26.2 Å². The third-order valence-corrected chi connectivity index (χ3v) is 7.43. The first-order valence-electron chi connectivity index (χ1n) is 10.9. The van der Waals surface area contributed by atoms with Gasteiger partial charge in [-0.15, -0.1) is 0 Å². The number of halogens is 2. The Hall–Kier alpha value is -2.10. The summed E-state index contributed by atoms with van der Waals surface area (Å²) in [7, 11) is -3.79. The number of hydrogen-bond acceptors (Lipinski definition) is 4. The van der Waals surface area contributed by atoms with Gasteiger partial charge in [0.2, 0.25) is 21.8 Å². The molecule has 0 saturated carbocycles. The second-order valence-electron chi connectivity index (χ2n) is 8.34. The van der Waals surface area contributed by atoms with Crippen LogP contribution in [0.15, 0.2) is 46.9 Å². The zero-order chi connectivity index (χ0) is 25.6. The summed E-state index contributed by atoms with van der Waals surface area (Å²) in [6.45, 7) is 6.93. The number of sulfonamides is 1. The summed E-state index contributed by atoms with van der Waals surface area (Å²) in [5.74, 6) is -0.789. The van der Waals surface area contributed by atoms with Crippen molar-refractivity contribution in [2.45, 2.75) is 52.7 Å². The molecule has 0 aromatic heterocycles. The van der Waals surface area contributed by atoms with Gasteiger partial charge in [0.05, 0.1) is 11.9 Å². The standard InChI is InChI=1S/C24H31BrClN3O4S/c1-6-17(3)27-24(31)18(4)28(14-19-7-9-20(25)10-8-19)23(30)15-29(34(5,32)33)22-12-11-21(26)13-16(22)2/h7-13,17-18H,6,14-15H2,1-5H3,(H,27,31)/t17-,18-/m1/s1. The van der Waals surface area contributed by atoms with Crippen LogP contribution in [0.4, 0.5) is 5.69 Å². The number of carbonyl (C=O) groups excluding carboxylic acids is 2. The van der Waals surface area contributed by atoms with Crippen molar-refractivity contribution < 1.29 is 18.0 Å². The number of aryl methyl sites for hydroxylation is 1. The number of rotatable bonds is 10. The molecule has 2 atom stereocenters. The lowest BCUT2D eigenvalue weighted by molar-refractivity contribution is -0.139. The molecule has 0 spiro atoms. The molecule has 7 nitrogen and oxygen atoms in total. The molecule has 2 amide bonds. The molecule has 0 radical (unpaired) electrons. The molecule has 0 bridgehead atoms. The number of amides is 2. The van der Waals surface area contributed by atoms with Gasteiger partial charge >= 0.3 is 0 Å². The van der Waals surface area contributed by atoms with Crippen molar-refractivity contribution in [3.63, 3.8) is 0 Å². The monoisotopic (exact) mass is 571 g/mol. The maximum atomic E-state index is 13.5. The molecular formula is C24H31BrClN3O4S. The van der Waals surface area contributed by atoms with Crippen molar-refractivity contribution in [3.05, 3.63) is 63.1 Å². The summed E-state index contributed by atoms with van der Waals surface area (Å²) < 4.78 is 27.2. The molecule has 2 aromatic rings. The Kier molecular flexibility index (Phi) is 9.96. The number of benzene rings is 2. The van der Waals surface area contributed by atoms with Gasteiger partial charge in [0, 0.05) is 22.1 Å². The molecule has 0 aliphatic carbocycles. The Labute approximate surface area is 215 Å². The van der Waals surface area contributed by atoms with Crippen LogP contribution < -0.4 is 9.62 Å². The first-order chi connectivity index (χ1) is 15.8. The van der Waals surface area contributed by atoms with E-state index in [1.54, 1.807) is 32.0 Å². The lowest BCUT2D eigenvalue weighted by Crippen LogP contribution is -2.52. The largest absolute Gasteiger partial charge is 0.352 e. The van der Waals surface area contributed by atoms with Gasteiger partial charge in [-0.1, -0.05) is 46.6 Å². The van der Waals surface area contributed by atoms with E-state index in [1.165, 1.54) is 4.90 Å². The predicted molar refractivity (Wildman–Crippen MR) is 140 cm³/mol. The molecule has 0 aliphatic rings. The van der Waals surface area contributed by atoms with E-state index in [0.717, 1.165) is 27.0 Å². The highest BCUT2D eigenvalue weighted by atomic mass is 79.9. The van der Waals surface area contributed by atoms with E-state index in [4.69, 9.17) is 11.6 Å². The SMILES string of the molecule is CC[C@@H](C)NC(=O)[C@@H](C)N(Cc1ccc(Br)cc1)C(=O)CN(c1ccc(Cl)cc1C)S(C)(=O)=O. The Balaban J connectivity index is 2.41. The minimum absolute atomic E-state index is 0.0520. The Morgan fingerprint density at radius 1 is 1.12 bits per heavy atom. The lowest BCUT2D eigenvalue weighted by Gasteiger charge is -2.32. The third-order valence-electron chi connectivity index (χ3n) is 5.54. The Morgan fingerprint density at radius 2 is 1.74 bits per heavy atom. The van der Waals surface area contributed by atoms with Crippen molar-refractivity contribution in [1.82, 2.24) is 10.2 Å². The summed E-state index contributed by atoms with van der Waals surface area (Å²) in [5.41, 5.74) is 1.79. The fourth-order valence-corrected chi connectivity index (χ4v) is 4.73. The van der Waals surface area contributed by atoms with E-state index >= 15 is 0 Å². The van der Waals surface area contributed by atoms with Gasteiger partial charge < -0.3 is 10.2 Å². The van der Waals surface area contributed by atoms with Crippen LogP contribution in [0.3, 0.4) is 0 Å². The molecule has 1 N–H and O–H groups in total. The van der Waals surface area contributed by atoms with E-state index in [0.29, 0.717) is 16.3 Å². The quantitative estimate of drug-likeness (QED) is 0.454. The zero-order valence-corrected chi connectivity index (χ0v) is 23.2. The molecule has 2 aromatic carbocycles. The number of nitrogens with one attached hydrogen (secondary N) is 1. The summed E-state index contributed by atoms with van der Waals surface area (Å²) in [4.78, 5) is 27.8. The van der Waals surface area contributed by atoms with Crippen molar-refractivity contribution in [2.75, 3.05) is 17.1 Å². The van der Waals surface area contributed by atoms with Crippen LogP contribution >= 0.6 is 27.5 Å². The van der Waals surface area contributed by atoms with E-state index < -0.39 is 28.5 Å². The maximum absolute atomic E-state index is 13.5. The average molecular weight is 573 g/mol. The zero-order valence-electron chi connectivity index (χ0n) is 20.0. The van der Waals surface area contributed by atoms with Gasteiger partial charge in [-0.25, -0.2) is 8.42 Å². The van der Waals surface area contributed by atoms with E-state index in [9.17, 15) is 18.0 Å². The molecule has 10 heteroatoms. The first kappa shape index (κ1) is 28.1. The van der Waals surface area contributed by atoms with E-state index in [2.05, 4.69) is 21.2 Å². The molecule has 2 rings (SSSR count). The van der Waals surface area contributed by atoms with Crippen molar-refractivity contribution in [1.29, 1.82) is 0 Å². The predicted octanol–water partition coefficient (Wildman–Crippen LogP) is 4.51. The lowest BCUT2D eigenvalue weighted by atomic mass is 10.1. The van der Waals surface area contributed by atoms with Gasteiger partial charge in [-0.3, -0.25) is 13.9 Å². The Bertz CT molecular complexity index is 1130. The highest BCUT2D eigenvalue weighted by Crippen LogP contribution is 2.26. The van der Waals surface area contributed by atoms with Crippen LogP contribution in [0.2, 0.25) is 5.02 Å². The number of nitrogens with zero attached hydrogens (tertiary/aromatic N) is 2. The van der Waals surface area contributed by atoms with E-state index in [-0.39, 0.29) is 18.5 Å². The third kappa shape index (κ3) is 7.71. The molecule has 0 saturated heterocycles. The van der Waals surface area contributed by atoms with Gasteiger partial charge in [0.1, 0.15) is 12.6 Å². The number of anilines is 1. The fourth-order valence-electron chi connectivity index (χ4n) is 3.33. The number of hydrogen-bond donors (Lipinski definition) is 1. The van der Waals surface area contributed by atoms with Crippen LogP contribution in [0.25, 0.3) is 0 Å². The van der Waals surface area contributed by atoms with Gasteiger partial charge in [0.15, 0.2) is 0 Å². The van der Waals surface area contributed by atoms with Crippen LogP contribution in [0.5, 0.6) is 0 Å². The smallest absolute Gasteiger partial charge is 0.244 e. The molecule has 34 heavy (non-hydrogen) atoms. The van der Waals surface area contributed by atoms with Gasteiger partial charge in [0.25, 0.3) is 0 Å². The van der Waals surface area contributed by atoms with Crippen molar-refractivity contribution >= 4 is 55.1 Å². The fraction of sp³-hybridized carbons (Fsp3) is 0.417. The maximum Gasteiger partial charge on any atom is 0.244 e. The van der Waals surface area contributed by atoms with Crippen molar-refractivity contribution in [3.8, 4) is 0 Å². The highest BCUT2D eigenvalue weighted by Gasteiger charge is 2.30. The summed E-state index contributed by atoms with van der Waals surface area (Å²) in [5, 5.41) is 3.37. The molecule has 0 unspecified atom stereocenters. The van der Waals surface area contributed by atoms with Crippen LogP contribution in [0.1, 0.15) is 38.3 Å². The molecule has 0 fully saturated rings. The van der Waals surface area contributed by atoms with Crippen LogP contribution in [0, 0.1) is 6.92 Å². The molecule has 0 aliphatic heterocycles. The van der Waals surface area contributed by atoms with Gasteiger partial charge in [-0.05, 0) is 68.7 Å². The van der Waals surface area contributed by atoms with Crippen LogP contribution in [-0.4, -0.2) is 50.0 Å². The topological polar surface area (TPSA) is 86.8 Å². The minimum atomic E-state index is -3.79. The second-order valence-corrected chi connectivity index (χ2v) is 11.6.